The molecule has 1 unspecified atom stereocenters. The third-order valence-electron chi connectivity index (χ3n) is 3.02. The van der Waals surface area contributed by atoms with Crippen molar-refractivity contribution < 1.29 is 9.18 Å². The molecule has 1 saturated heterocycles. The van der Waals surface area contributed by atoms with Crippen LogP contribution in [0, 0.1) is 12.7 Å². The Hall–Kier alpha value is -1.10. The molecule has 1 aromatic rings. The van der Waals surface area contributed by atoms with Crippen LogP contribution in [0.1, 0.15) is 12.0 Å². The maximum absolute atomic E-state index is 13.4. The third kappa shape index (κ3) is 2.44. The van der Waals surface area contributed by atoms with Crippen molar-refractivity contribution in [3.8, 4) is 0 Å². The molecule has 92 valence electrons. The number of amides is 1. The van der Waals surface area contributed by atoms with E-state index in [-0.39, 0.29) is 17.8 Å². The zero-order valence-corrected chi connectivity index (χ0v) is 11.3. The summed E-state index contributed by atoms with van der Waals surface area (Å²) in [6.07, 6.45) is 0.756. The number of anilines is 1. The molecule has 0 aromatic heterocycles. The summed E-state index contributed by atoms with van der Waals surface area (Å²) in [6, 6.07) is 2.89. The van der Waals surface area contributed by atoms with Gasteiger partial charge in [0.25, 0.3) is 0 Å². The van der Waals surface area contributed by atoms with E-state index >= 15 is 0 Å². The molecule has 0 saturated carbocycles. The lowest BCUT2D eigenvalue weighted by atomic mass is 10.1. The van der Waals surface area contributed by atoms with Gasteiger partial charge < -0.3 is 10.2 Å². The van der Waals surface area contributed by atoms with Gasteiger partial charge >= 0.3 is 0 Å². The molecule has 0 aliphatic carbocycles. The van der Waals surface area contributed by atoms with Crippen LogP contribution in [0.25, 0.3) is 0 Å². The fraction of sp³-hybridized carbons (Fsp3) is 0.417. The summed E-state index contributed by atoms with van der Waals surface area (Å²) < 4.78 is 13.9. The summed E-state index contributed by atoms with van der Waals surface area (Å²) >= 11 is 3.14. The second kappa shape index (κ2) is 4.64. The molecule has 17 heavy (non-hydrogen) atoms. The van der Waals surface area contributed by atoms with Gasteiger partial charge in [-0.2, -0.15) is 0 Å². The second-order valence-corrected chi connectivity index (χ2v) is 5.18. The number of benzene rings is 1. The predicted octanol–water partition coefficient (Wildman–Crippen LogP) is 2.54. The van der Waals surface area contributed by atoms with Gasteiger partial charge in [0.2, 0.25) is 5.91 Å². The molecular formula is C12H14BrFN2O. The largest absolute Gasteiger partial charge is 0.373 e. The fourth-order valence-electron chi connectivity index (χ4n) is 1.95. The first-order chi connectivity index (χ1) is 7.99. The normalized spacial score (nSPS) is 19.9. The van der Waals surface area contributed by atoms with Gasteiger partial charge in [0.15, 0.2) is 0 Å². The van der Waals surface area contributed by atoms with Gasteiger partial charge in [0, 0.05) is 19.3 Å². The van der Waals surface area contributed by atoms with Crippen molar-refractivity contribution >= 4 is 27.5 Å². The van der Waals surface area contributed by atoms with Gasteiger partial charge in [-0.3, -0.25) is 4.79 Å². The molecule has 1 N–H and O–H groups in total. The number of likely N-dealkylation sites (tertiary alicyclic amines) is 1. The Morgan fingerprint density at radius 1 is 1.53 bits per heavy atom. The Bertz CT molecular complexity index is 464. The Labute approximate surface area is 108 Å². The van der Waals surface area contributed by atoms with E-state index in [1.54, 1.807) is 18.0 Å². The third-order valence-corrected chi connectivity index (χ3v) is 3.63. The molecule has 0 spiro atoms. The van der Waals surface area contributed by atoms with Crippen LogP contribution in [0.15, 0.2) is 16.6 Å². The molecule has 0 bridgehead atoms. The van der Waals surface area contributed by atoms with Crippen LogP contribution in [0.5, 0.6) is 0 Å². The van der Waals surface area contributed by atoms with E-state index in [0.29, 0.717) is 10.2 Å². The van der Waals surface area contributed by atoms with E-state index in [9.17, 15) is 9.18 Å². The zero-order valence-electron chi connectivity index (χ0n) is 9.76. The van der Waals surface area contributed by atoms with Crippen molar-refractivity contribution in [2.24, 2.45) is 0 Å². The Balaban J connectivity index is 2.19. The van der Waals surface area contributed by atoms with Gasteiger partial charge in [-0.1, -0.05) is 0 Å². The lowest BCUT2D eigenvalue weighted by Gasteiger charge is -2.15. The van der Waals surface area contributed by atoms with Crippen molar-refractivity contribution in [1.29, 1.82) is 0 Å². The number of halogens is 2. The van der Waals surface area contributed by atoms with Gasteiger partial charge in [0.05, 0.1) is 4.47 Å². The van der Waals surface area contributed by atoms with Gasteiger partial charge in [-0.05, 0) is 47.0 Å². The molecule has 1 aromatic carbocycles. The minimum Gasteiger partial charge on any atom is -0.373 e. The SMILES string of the molecule is Cc1cc(Br)c(F)cc1NC1CCN(C)C1=O. The lowest BCUT2D eigenvalue weighted by molar-refractivity contribution is -0.127. The highest BCUT2D eigenvalue weighted by Crippen LogP contribution is 2.25. The van der Waals surface area contributed by atoms with Gasteiger partial charge in [-0.15, -0.1) is 0 Å². The second-order valence-electron chi connectivity index (χ2n) is 4.33. The summed E-state index contributed by atoms with van der Waals surface area (Å²) in [4.78, 5) is 13.4. The number of likely N-dealkylation sites (N-methyl/N-ethyl adjacent to an activating group) is 1. The topological polar surface area (TPSA) is 32.3 Å². The average Bonchev–Trinajstić information content (AvgIpc) is 2.58. The quantitative estimate of drug-likeness (QED) is 0.910. The molecule has 1 aliphatic heterocycles. The molecule has 1 fully saturated rings. The van der Waals surface area contributed by atoms with E-state index in [1.807, 2.05) is 6.92 Å². The first-order valence-corrected chi connectivity index (χ1v) is 6.25. The van der Waals surface area contributed by atoms with Crippen LogP contribution >= 0.6 is 15.9 Å². The predicted molar refractivity (Wildman–Crippen MR) is 68.5 cm³/mol. The van der Waals surface area contributed by atoms with E-state index in [0.717, 1.165) is 18.5 Å². The monoisotopic (exact) mass is 300 g/mol. The highest BCUT2D eigenvalue weighted by molar-refractivity contribution is 9.10. The number of hydrogen-bond donors (Lipinski definition) is 1. The molecule has 2 rings (SSSR count). The first-order valence-electron chi connectivity index (χ1n) is 5.46. The maximum Gasteiger partial charge on any atom is 0.244 e. The smallest absolute Gasteiger partial charge is 0.244 e. The summed E-state index contributed by atoms with van der Waals surface area (Å²) in [5.41, 5.74) is 1.60. The summed E-state index contributed by atoms with van der Waals surface area (Å²) in [7, 11) is 1.78. The van der Waals surface area contributed by atoms with Crippen molar-refractivity contribution in [2.75, 3.05) is 18.9 Å². The number of nitrogens with one attached hydrogen (secondary N) is 1. The fourth-order valence-corrected chi connectivity index (χ4v) is 2.40. The molecule has 1 heterocycles. The molecule has 1 aliphatic rings. The standard InChI is InChI=1S/C12H14BrFN2O/c1-7-5-8(13)9(14)6-11(7)15-10-3-4-16(2)12(10)17/h5-6,10,15H,3-4H2,1-2H3. The van der Waals surface area contributed by atoms with Crippen molar-refractivity contribution in [3.05, 3.63) is 28.0 Å². The van der Waals surface area contributed by atoms with Gasteiger partial charge in [0.1, 0.15) is 11.9 Å². The average molecular weight is 301 g/mol. The van der Waals surface area contributed by atoms with Crippen LogP contribution in [0.3, 0.4) is 0 Å². The highest BCUT2D eigenvalue weighted by atomic mass is 79.9. The molecule has 1 atom stereocenters. The van der Waals surface area contributed by atoms with E-state index in [1.165, 1.54) is 6.07 Å². The van der Waals surface area contributed by atoms with E-state index in [2.05, 4.69) is 21.2 Å². The van der Waals surface area contributed by atoms with Crippen LogP contribution < -0.4 is 5.32 Å². The molecule has 5 heteroatoms. The van der Waals surface area contributed by atoms with Crippen LogP contribution in [0.2, 0.25) is 0 Å². The molecule has 0 radical (unpaired) electrons. The van der Waals surface area contributed by atoms with Crippen molar-refractivity contribution in [1.82, 2.24) is 4.90 Å². The van der Waals surface area contributed by atoms with Crippen LogP contribution in [-0.4, -0.2) is 30.4 Å². The summed E-state index contributed by atoms with van der Waals surface area (Å²) in [5, 5.41) is 3.11. The van der Waals surface area contributed by atoms with E-state index in [4.69, 9.17) is 0 Å². The minimum absolute atomic E-state index is 0.0627. The zero-order chi connectivity index (χ0) is 12.6. The number of carbonyl (C=O) groups is 1. The summed E-state index contributed by atoms with van der Waals surface area (Å²) in [6.45, 7) is 2.63. The molecule has 3 nitrogen and oxygen atoms in total. The number of hydrogen-bond acceptors (Lipinski definition) is 2. The highest BCUT2D eigenvalue weighted by Gasteiger charge is 2.29. The minimum atomic E-state index is -0.322. The Morgan fingerprint density at radius 2 is 2.24 bits per heavy atom. The number of carbonyl (C=O) groups excluding carboxylic acids is 1. The summed E-state index contributed by atoms with van der Waals surface area (Å²) in [5.74, 6) is -0.260. The van der Waals surface area contributed by atoms with Crippen LogP contribution in [-0.2, 0) is 4.79 Å². The van der Waals surface area contributed by atoms with Gasteiger partial charge in [-0.25, -0.2) is 4.39 Å². The molecular weight excluding hydrogens is 287 g/mol. The lowest BCUT2D eigenvalue weighted by Crippen LogP contribution is -2.31. The number of rotatable bonds is 2. The Kier molecular flexibility index (Phi) is 3.38. The van der Waals surface area contributed by atoms with Crippen LogP contribution in [0.4, 0.5) is 10.1 Å². The first kappa shape index (κ1) is 12.4. The van der Waals surface area contributed by atoms with Crippen molar-refractivity contribution in [2.45, 2.75) is 19.4 Å². The maximum atomic E-state index is 13.4. The number of nitrogens with zero attached hydrogens (tertiary/aromatic N) is 1. The molecule has 1 amide bonds. The van der Waals surface area contributed by atoms with E-state index < -0.39 is 0 Å². The Morgan fingerprint density at radius 3 is 2.82 bits per heavy atom. The van der Waals surface area contributed by atoms with Crippen molar-refractivity contribution in [3.63, 3.8) is 0 Å². The number of aryl methyl sites for hydroxylation is 1.